The van der Waals surface area contributed by atoms with Crippen LogP contribution in [-0.4, -0.2) is 17.6 Å². The second kappa shape index (κ2) is 7.18. The fraction of sp³-hybridized carbons (Fsp3) is 0.455. The first-order valence-corrected chi connectivity index (χ1v) is 6.78. The van der Waals surface area contributed by atoms with E-state index in [0.29, 0.717) is 9.26 Å². The van der Waals surface area contributed by atoms with E-state index in [9.17, 15) is 13.6 Å². The summed E-state index contributed by atoms with van der Waals surface area (Å²) in [5.74, 6) is -0.513. The number of hydrogen-bond acceptors (Lipinski definition) is 3. The zero-order valence-corrected chi connectivity index (χ0v) is 12.5. The number of alkyl halides is 3. The molecule has 0 saturated carbocycles. The van der Waals surface area contributed by atoms with Crippen LogP contribution < -0.4 is 0 Å². The maximum absolute atomic E-state index is 12.9. The zero-order valence-electron chi connectivity index (χ0n) is 9.55. The van der Waals surface area contributed by atoms with Crippen molar-refractivity contribution in [3.05, 3.63) is 26.6 Å². The second-order valence-corrected chi connectivity index (χ2v) is 4.76. The minimum absolute atomic E-state index is 0.0486. The van der Waals surface area contributed by atoms with E-state index >= 15 is 0 Å². The minimum atomic E-state index is -2.74. The van der Waals surface area contributed by atoms with E-state index in [0.717, 1.165) is 0 Å². The Bertz CT molecular complexity index is 443. The number of esters is 1. The molecule has 3 nitrogen and oxygen atoms in total. The Balaban J connectivity index is 3.16. The van der Waals surface area contributed by atoms with Crippen molar-refractivity contribution in [1.29, 1.82) is 0 Å². The molecule has 0 radical (unpaired) electrons. The van der Waals surface area contributed by atoms with E-state index in [-0.39, 0.29) is 24.5 Å². The molecule has 0 aliphatic carbocycles. The van der Waals surface area contributed by atoms with Crippen molar-refractivity contribution >= 4 is 40.2 Å². The molecule has 0 unspecified atom stereocenters. The van der Waals surface area contributed by atoms with E-state index < -0.39 is 18.1 Å². The van der Waals surface area contributed by atoms with Crippen molar-refractivity contribution in [2.45, 2.75) is 25.7 Å². The fourth-order valence-corrected chi connectivity index (χ4v) is 2.34. The van der Waals surface area contributed by atoms with Crippen LogP contribution in [0, 0.1) is 3.70 Å². The van der Waals surface area contributed by atoms with Gasteiger partial charge in [-0.15, -0.1) is 11.6 Å². The normalized spacial score (nSPS) is 10.8. The third-order valence-corrected chi connectivity index (χ3v) is 3.04. The number of aromatic nitrogens is 1. The first-order chi connectivity index (χ1) is 8.49. The largest absolute Gasteiger partial charge is 0.466 e. The molecule has 0 aliphatic rings. The Labute approximate surface area is 122 Å². The quantitative estimate of drug-likeness (QED) is 0.335. The monoisotopic (exact) mass is 389 g/mol. The van der Waals surface area contributed by atoms with Crippen LogP contribution in [0.5, 0.6) is 0 Å². The van der Waals surface area contributed by atoms with E-state index in [1.54, 1.807) is 13.0 Å². The van der Waals surface area contributed by atoms with Gasteiger partial charge in [0, 0.05) is 5.88 Å². The molecule has 18 heavy (non-hydrogen) atoms. The molecule has 1 aromatic heterocycles. The summed E-state index contributed by atoms with van der Waals surface area (Å²) in [6, 6.07) is 1.59. The van der Waals surface area contributed by atoms with E-state index in [1.165, 1.54) is 0 Å². The van der Waals surface area contributed by atoms with Crippen LogP contribution in [0.4, 0.5) is 8.78 Å². The zero-order chi connectivity index (χ0) is 13.7. The maximum Gasteiger partial charge on any atom is 0.310 e. The Morgan fingerprint density at radius 3 is 2.78 bits per heavy atom. The van der Waals surface area contributed by atoms with Gasteiger partial charge in [-0.25, -0.2) is 13.8 Å². The molecule has 0 saturated heterocycles. The number of nitrogens with zero attached hydrogens (tertiary/aromatic N) is 1. The van der Waals surface area contributed by atoms with Gasteiger partial charge in [-0.3, -0.25) is 4.79 Å². The van der Waals surface area contributed by atoms with Crippen LogP contribution in [-0.2, 0) is 21.8 Å². The lowest BCUT2D eigenvalue weighted by atomic mass is 10.0. The molecule has 0 bridgehead atoms. The van der Waals surface area contributed by atoms with Crippen LogP contribution in [0.1, 0.15) is 30.2 Å². The second-order valence-electron chi connectivity index (χ2n) is 3.38. The van der Waals surface area contributed by atoms with Gasteiger partial charge in [-0.05, 0) is 46.7 Å². The molecule has 0 N–H and O–H groups in total. The number of carbonyl (C=O) groups is 1. The van der Waals surface area contributed by atoms with Gasteiger partial charge in [0.1, 0.15) is 9.39 Å². The van der Waals surface area contributed by atoms with E-state index in [2.05, 4.69) is 4.98 Å². The van der Waals surface area contributed by atoms with E-state index in [1.807, 2.05) is 22.6 Å². The molecule has 0 atom stereocenters. The number of halogens is 4. The third-order valence-electron chi connectivity index (χ3n) is 2.19. The summed E-state index contributed by atoms with van der Waals surface area (Å²) in [4.78, 5) is 15.2. The fourth-order valence-electron chi connectivity index (χ4n) is 1.47. The average Bonchev–Trinajstić information content (AvgIpc) is 2.30. The van der Waals surface area contributed by atoms with Crippen molar-refractivity contribution in [2.75, 3.05) is 6.61 Å². The topological polar surface area (TPSA) is 39.2 Å². The molecule has 0 aliphatic heterocycles. The van der Waals surface area contributed by atoms with Gasteiger partial charge in [0.25, 0.3) is 6.43 Å². The molecular weight excluding hydrogens is 378 g/mol. The lowest BCUT2D eigenvalue weighted by Gasteiger charge is -2.12. The van der Waals surface area contributed by atoms with Crippen molar-refractivity contribution in [2.24, 2.45) is 0 Å². The summed E-state index contributed by atoms with van der Waals surface area (Å²) in [5, 5.41) is 0. The summed E-state index contributed by atoms with van der Waals surface area (Å²) in [5.41, 5.74) is 0.254. The number of rotatable bonds is 5. The molecule has 1 aromatic rings. The lowest BCUT2D eigenvalue weighted by Crippen LogP contribution is -2.13. The van der Waals surface area contributed by atoms with Crippen molar-refractivity contribution in [3.63, 3.8) is 0 Å². The minimum Gasteiger partial charge on any atom is -0.466 e. The highest BCUT2D eigenvalue weighted by Gasteiger charge is 2.21. The molecule has 0 fully saturated rings. The molecule has 7 heteroatoms. The summed E-state index contributed by atoms with van der Waals surface area (Å²) < 4.78 is 31.0. The maximum atomic E-state index is 12.9. The number of ether oxygens (including phenoxy) is 1. The summed E-state index contributed by atoms with van der Waals surface area (Å²) >= 11 is 7.55. The Morgan fingerprint density at radius 1 is 1.61 bits per heavy atom. The highest BCUT2D eigenvalue weighted by atomic mass is 127. The van der Waals surface area contributed by atoms with Crippen LogP contribution in [0.2, 0.25) is 0 Å². The smallest absolute Gasteiger partial charge is 0.310 e. The lowest BCUT2D eigenvalue weighted by molar-refractivity contribution is -0.142. The van der Waals surface area contributed by atoms with Crippen molar-refractivity contribution < 1.29 is 18.3 Å². The number of carbonyl (C=O) groups excluding carboxylic acids is 1. The molecule has 100 valence electrons. The van der Waals surface area contributed by atoms with Crippen LogP contribution in [0.3, 0.4) is 0 Å². The predicted octanol–water partition coefficient (Wildman–Crippen LogP) is 3.47. The van der Waals surface area contributed by atoms with Gasteiger partial charge in [-0.1, -0.05) is 0 Å². The van der Waals surface area contributed by atoms with Crippen LogP contribution in [0.15, 0.2) is 6.07 Å². The average molecular weight is 390 g/mol. The molecule has 1 rings (SSSR count). The third kappa shape index (κ3) is 4.01. The van der Waals surface area contributed by atoms with Crippen molar-refractivity contribution in [1.82, 2.24) is 4.98 Å². The van der Waals surface area contributed by atoms with Gasteiger partial charge in [0.2, 0.25) is 0 Å². The summed E-state index contributed by atoms with van der Waals surface area (Å²) in [6.07, 6.45) is -2.98. The Kier molecular flexibility index (Phi) is 6.20. The van der Waals surface area contributed by atoms with Gasteiger partial charge in [0.05, 0.1) is 13.0 Å². The predicted molar refractivity (Wildman–Crippen MR) is 71.8 cm³/mol. The molecule has 0 aromatic carbocycles. The van der Waals surface area contributed by atoms with Crippen molar-refractivity contribution in [3.8, 4) is 0 Å². The SMILES string of the molecule is CCOC(=O)Cc1c(CCl)cc(I)nc1C(F)F. The number of hydrogen-bond donors (Lipinski definition) is 0. The highest BCUT2D eigenvalue weighted by Crippen LogP contribution is 2.27. The molecule has 0 spiro atoms. The summed E-state index contributed by atoms with van der Waals surface area (Å²) in [7, 11) is 0. The Hall–Kier alpha value is -0.500. The highest BCUT2D eigenvalue weighted by molar-refractivity contribution is 14.1. The first-order valence-electron chi connectivity index (χ1n) is 5.17. The van der Waals surface area contributed by atoms with Gasteiger partial charge >= 0.3 is 5.97 Å². The number of pyridine rings is 1. The standard InChI is InChI=1S/C11H11ClF2INO2/c1-2-18-9(17)4-7-6(5-12)3-8(15)16-10(7)11(13)14/h3,11H,2,4-5H2,1H3. The van der Waals surface area contributed by atoms with Crippen LogP contribution in [0.25, 0.3) is 0 Å². The van der Waals surface area contributed by atoms with Crippen LogP contribution >= 0.6 is 34.2 Å². The first kappa shape index (κ1) is 15.6. The van der Waals surface area contributed by atoms with Gasteiger partial charge in [0.15, 0.2) is 0 Å². The Morgan fingerprint density at radius 2 is 2.28 bits per heavy atom. The summed E-state index contributed by atoms with van der Waals surface area (Å²) in [6.45, 7) is 1.86. The molecule has 0 amide bonds. The molecular formula is C11H11ClF2INO2. The van der Waals surface area contributed by atoms with E-state index in [4.69, 9.17) is 16.3 Å². The molecule has 1 heterocycles. The van der Waals surface area contributed by atoms with Gasteiger partial charge in [-0.2, -0.15) is 0 Å². The van der Waals surface area contributed by atoms with Gasteiger partial charge < -0.3 is 4.74 Å².